The van der Waals surface area contributed by atoms with Gasteiger partial charge in [-0.3, -0.25) is 9.88 Å². The van der Waals surface area contributed by atoms with E-state index in [0.29, 0.717) is 17.6 Å². The Balaban J connectivity index is 1.62. The average molecular weight is 377 g/mol. The molecule has 1 N–H and O–H groups in total. The average Bonchev–Trinajstić information content (AvgIpc) is 3.12. The van der Waals surface area contributed by atoms with Crippen LogP contribution in [0.1, 0.15) is 44.7 Å². The van der Waals surface area contributed by atoms with Gasteiger partial charge in [0.1, 0.15) is 0 Å². The lowest BCUT2D eigenvalue weighted by Crippen LogP contribution is -2.44. The number of hydrogen-bond acceptors (Lipinski definition) is 4. The second-order valence-corrected chi connectivity index (χ2v) is 7.73. The van der Waals surface area contributed by atoms with Gasteiger partial charge in [0, 0.05) is 37.9 Å². The number of hydrogen-bond donors (Lipinski definition) is 1. The molecule has 0 radical (unpaired) electrons. The molecule has 0 aromatic carbocycles. The van der Waals surface area contributed by atoms with Crippen LogP contribution < -0.4 is 0 Å². The minimum Gasteiger partial charge on any atom is -0.465 e. The van der Waals surface area contributed by atoms with Crippen molar-refractivity contribution in [2.75, 3.05) is 19.6 Å². The van der Waals surface area contributed by atoms with Gasteiger partial charge in [0.2, 0.25) is 0 Å². The first-order valence-corrected chi connectivity index (χ1v) is 9.64. The van der Waals surface area contributed by atoms with E-state index in [1.807, 2.05) is 13.0 Å². The third-order valence-corrected chi connectivity index (χ3v) is 6.20. The number of pyridine rings is 1. The maximum absolute atomic E-state index is 11.4. The van der Waals surface area contributed by atoms with Gasteiger partial charge < -0.3 is 10.0 Å². The number of rotatable bonds is 4. The fraction of sp³-hybridized carbons (Fsp3) is 0.632. The van der Waals surface area contributed by atoms with Gasteiger partial charge in [0.25, 0.3) is 0 Å². The van der Waals surface area contributed by atoms with E-state index in [0.717, 1.165) is 50.9 Å². The summed E-state index contributed by atoms with van der Waals surface area (Å²) in [7, 11) is 0. The Kier molecular flexibility index (Phi) is 5.69. The van der Waals surface area contributed by atoms with Crippen molar-refractivity contribution in [2.45, 2.75) is 56.5 Å². The van der Waals surface area contributed by atoms with Crippen LogP contribution in [0.2, 0.25) is 5.02 Å². The third kappa shape index (κ3) is 3.65. The van der Waals surface area contributed by atoms with Gasteiger partial charge in [-0.1, -0.05) is 11.6 Å². The van der Waals surface area contributed by atoms with Crippen LogP contribution in [-0.2, 0) is 5.41 Å². The molecule has 0 unspecified atom stereocenters. The molecular formula is C19H25ClN4O2. The molecular weight excluding hydrogens is 352 g/mol. The Morgan fingerprint density at radius 3 is 2.73 bits per heavy atom. The van der Waals surface area contributed by atoms with E-state index in [2.05, 4.69) is 16.0 Å². The van der Waals surface area contributed by atoms with Crippen LogP contribution >= 0.6 is 11.6 Å². The molecule has 7 heteroatoms. The van der Waals surface area contributed by atoms with Crippen LogP contribution in [0.15, 0.2) is 18.3 Å². The van der Waals surface area contributed by atoms with Crippen molar-refractivity contribution < 1.29 is 9.90 Å². The summed E-state index contributed by atoms with van der Waals surface area (Å²) in [6, 6.07) is 6.67. The molecule has 1 aromatic heterocycles. The van der Waals surface area contributed by atoms with E-state index < -0.39 is 11.5 Å². The van der Waals surface area contributed by atoms with Crippen molar-refractivity contribution in [1.82, 2.24) is 14.8 Å². The fourth-order valence-electron chi connectivity index (χ4n) is 4.45. The van der Waals surface area contributed by atoms with Crippen molar-refractivity contribution in [3.05, 3.63) is 29.0 Å². The molecule has 1 aromatic rings. The number of likely N-dealkylation sites (tertiary alicyclic amines) is 1. The minimum atomic E-state index is -0.833. The monoisotopic (exact) mass is 376 g/mol. The van der Waals surface area contributed by atoms with Crippen LogP contribution in [0.3, 0.4) is 0 Å². The van der Waals surface area contributed by atoms with Gasteiger partial charge >= 0.3 is 6.09 Å². The number of nitriles is 1. The first-order chi connectivity index (χ1) is 12.5. The zero-order chi connectivity index (χ0) is 18.7. The summed E-state index contributed by atoms with van der Waals surface area (Å²) in [6.07, 6.45) is 5.09. The summed E-state index contributed by atoms with van der Waals surface area (Å²) in [6.45, 7) is 4.14. The van der Waals surface area contributed by atoms with Crippen molar-refractivity contribution in [2.24, 2.45) is 0 Å². The van der Waals surface area contributed by atoms with Crippen LogP contribution in [0.5, 0.6) is 0 Å². The molecule has 0 bridgehead atoms. The molecule has 6 nitrogen and oxygen atoms in total. The van der Waals surface area contributed by atoms with Crippen molar-refractivity contribution in [3.63, 3.8) is 0 Å². The van der Waals surface area contributed by atoms with Gasteiger partial charge in [0.05, 0.1) is 22.2 Å². The number of halogens is 1. The summed E-state index contributed by atoms with van der Waals surface area (Å²) < 4.78 is 0. The van der Waals surface area contributed by atoms with Gasteiger partial charge in [-0.05, 0) is 51.2 Å². The highest BCUT2D eigenvalue weighted by Crippen LogP contribution is 2.40. The lowest BCUT2D eigenvalue weighted by molar-refractivity contribution is 0.118. The van der Waals surface area contributed by atoms with E-state index in [-0.39, 0.29) is 6.04 Å². The molecule has 1 aliphatic heterocycles. The zero-order valence-corrected chi connectivity index (χ0v) is 15.8. The smallest absolute Gasteiger partial charge is 0.407 e. The molecule has 3 rings (SSSR count). The highest BCUT2D eigenvalue weighted by Gasteiger charge is 2.41. The molecule has 1 aliphatic carbocycles. The van der Waals surface area contributed by atoms with Crippen molar-refractivity contribution >= 4 is 17.7 Å². The fourth-order valence-corrected chi connectivity index (χ4v) is 4.56. The summed E-state index contributed by atoms with van der Waals surface area (Å²) in [5, 5.41) is 19.7. The van der Waals surface area contributed by atoms with Crippen LogP contribution in [0.25, 0.3) is 0 Å². The first kappa shape index (κ1) is 18.9. The molecule has 2 aliphatic rings. The second kappa shape index (κ2) is 7.81. The Morgan fingerprint density at radius 2 is 2.19 bits per heavy atom. The first-order valence-electron chi connectivity index (χ1n) is 9.26. The number of likely N-dealkylation sites (N-methyl/N-ethyl adjacent to an activating group) is 1. The zero-order valence-electron chi connectivity index (χ0n) is 15.1. The summed E-state index contributed by atoms with van der Waals surface area (Å²) in [5.41, 5.74) is 0.279. The van der Waals surface area contributed by atoms with Crippen molar-refractivity contribution in [1.29, 1.82) is 5.26 Å². The molecule has 1 amide bonds. The quantitative estimate of drug-likeness (QED) is 0.869. The highest BCUT2D eigenvalue weighted by molar-refractivity contribution is 6.30. The van der Waals surface area contributed by atoms with Gasteiger partial charge in [-0.2, -0.15) is 5.26 Å². The maximum Gasteiger partial charge on any atom is 0.407 e. The lowest BCUT2D eigenvalue weighted by atomic mass is 9.71. The second-order valence-electron chi connectivity index (χ2n) is 7.29. The van der Waals surface area contributed by atoms with E-state index in [1.54, 1.807) is 17.2 Å². The number of carboxylic acid groups (broad SMARTS) is 1. The molecule has 2 heterocycles. The largest absolute Gasteiger partial charge is 0.465 e. The maximum atomic E-state index is 11.4. The standard InChI is InChI=1S/C19H25ClN4O2/c1-2-24(18(25)26)16-7-10-23(12-16)15-5-8-19(13-21,9-6-15)17-4-3-14(20)11-22-17/h3-4,11,15-16H,2,5-10,12H2,1H3,(H,25,26)/t15?,16-,19?/m0/s1. The molecule has 140 valence electrons. The van der Waals surface area contributed by atoms with E-state index in [4.69, 9.17) is 11.6 Å². The Labute approximate surface area is 159 Å². The summed E-state index contributed by atoms with van der Waals surface area (Å²) in [5.74, 6) is 0. The SMILES string of the molecule is CCN(C(=O)O)[C@H]1CCN(C2CCC(C#N)(c3ccc(Cl)cn3)CC2)C1. The number of aromatic nitrogens is 1. The highest BCUT2D eigenvalue weighted by atomic mass is 35.5. The molecule has 1 saturated carbocycles. The Morgan fingerprint density at radius 1 is 1.46 bits per heavy atom. The predicted molar refractivity (Wildman–Crippen MR) is 99.2 cm³/mol. The summed E-state index contributed by atoms with van der Waals surface area (Å²) in [4.78, 5) is 19.7. The minimum absolute atomic E-state index is 0.0816. The summed E-state index contributed by atoms with van der Waals surface area (Å²) >= 11 is 5.92. The number of nitrogens with zero attached hydrogens (tertiary/aromatic N) is 4. The van der Waals surface area contributed by atoms with Gasteiger partial charge in [-0.25, -0.2) is 4.79 Å². The topological polar surface area (TPSA) is 80.5 Å². The number of amides is 1. The molecule has 26 heavy (non-hydrogen) atoms. The van der Waals surface area contributed by atoms with E-state index >= 15 is 0 Å². The van der Waals surface area contributed by atoms with Crippen LogP contribution in [-0.4, -0.2) is 57.7 Å². The number of carbonyl (C=O) groups is 1. The molecule has 0 spiro atoms. The van der Waals surface area contributed by atoms with Crippen molar-refractivity contribution in [3.8, 4) is 6.07 Å². The van der Waals surface area contributed by atoms with Gasteiger partial charge in [-0.15, -0.1) is 0 Å². The van der Waals surface area contributed by atoms with Crippen LogP contribution in [0.4, 0.5) is 4.79 Å². The molecule has 1 atom stereocenters. The molecule has 2 fully saturated rings. The van der Waals surface area contributed by atoms with Gasteiger partial charge in [0.15, 0.2) is 0 Å². The normalized spacial score (nSPS) is 29.3. The van der Waals surface area contributed by atoms with E-state index in [9.17, 15) is 15.2 Å². The van der Waals surface area contributed by atoms with Crippen LogP contribution in [0, 0.1) is 11.3 Å². The Bertz CT molecular complexity index is 680. The third-order valence-electron chi connectivity index (χ3n) is 5.98. The Hall–Kier alpha value is -1.84. The molecule has 1 saturated heterocycles. The van der Waals surface area contributed by atoms with E-state index in [1.165, 1.54) is 0 Å². The predicted octanol–water partition coefficient (Wildman–Crippen LogP) is 3.51. The lowest BCUT2D eigenvalue weighted by Gasteiger charge is -2.38.